The van der Waals surface area contributed by atoms with Crippen LogP contribution in [0.1, 0.15) is 21.8 Å². The fourth-order valence-corrected chi connectivity index (χ4v) is 3.93. The van der Waals surface area contributed by atoms with Crippen LogP contribution in [0.3, 0.4) is 0 Å². The van der Waals surface area contributed by atoms with E-state index in [1.165, 1.54) is 5.56 Å². The van der Waals surface area contributed by atoms with E-state index in [0.29, 0.717) is 55.7 Å². The van der Waals surface area contributed by atoms with Crippen LogP contribution in [-0.2, 0) is 0 Å². The first-order valence-corrected chi connectivity index (χ1v) is 9.23. The number of likely N-dealkylation sites (tertiary alicyclic amines) is 1. The molecule has 4 rings (SSSR count). The van der Waals surface area contributed by atoms with Crippen molar-refractivity contribution in [3.8, 4) is 17.2 Å². The van der Waals surface area contributed by atoms with Crippen molar-refractivity contribution in [1.29, 1.82) is 0 Å². The third-order valence-corrected chi connectivity index (χ3v) is 5.33. The summed E-state index contributed by atoms with van der Waals surface area (Å²) in [5, 5.41) is 0. The maximum Gasteiger partial charge on any atom is 0.254 e. The predicted octanol–water partition coefficient (Wildman–Crippen LogP) is 2.70. The lowest BCUT2D eigenvalue weighted by atomic mass is 9.89. The molecule has 150 valence electrons. The Morgan fingerprint density at radius 2 is 1.93 bits per heavy atom. The van der Waals surface area contributed by atoms with Crippen molar-refractivity contribution in [2.75, 3.05) is 40.0 Å². The Kier molecular flexibility index (Phi) is 6.31. The second-order valence-corrected chi connectivity index (χ2v) is 6.93. The molecule has 2 aliphatic heterocycles. The molecule has 2 heterocycles. The smallest absolute Gasteiger partial charge is 0.254 e. The summed E-state index contributed by atoms with van der Waals surface area (Å²) in [4.78, 5) is 15.0. The number of carbonyl (C=O) groups excluding carboxylic acids is 1. The highest BCUT2D eigenvalue weighted by molar-refractivity contribution is 5.96. The van der Waals surface area contributed by atoms with Crippen LogP contribution in [0.5, 0.6) is 17.2 Å². The molecule has 0 spiro atoms. The molecule has 0 bridgehead atoms. The van der Waals surface area contributed by atoms with Crippen LogP contribution in [0.4, 0.5) is 0 Å². The maximum atomic E-state index is 13.2. The zero-order valence-corrected chi connectivity index (χ0v) is 16.6. The Balaban J connectivity index is 0.00000225. The Labute approximate surface area is 171 Å². The number of carbonyl (C=O) groups is 1. The lowest BCUT2D eigenvalue weighted by molar-refractivity contribution is 0.0784. The molecule has 2 N–H and O–H groups in total. The fraction of sp³-hybridized carbons (Fsp3) is 0.381. The van der Waals surface area contributed by atoms with Gasteiger partial charge in [0.1, 0.15) is 13.2 Å². The standard InChI is InChI=1S/C21H24N2O4.ClH/c1-25-18-9-15(10-19-20(18)27-8-7-26-19)21(24)23-12-16(11-22)17(13-23)14-5-3-2-4-6-14;/h2-6,9-10,16-17H,7-8,11-13,22H2,1H3;1H/t16-,17+;/m1./s1. The third-order valence-electron chi connectivity index (χ3n) is 5.33. The van der Waals surface area contributed by atoms with Crippen molar-refractivity contribution < 1.29 is 19.0 Å². The molecule has 0 aromatic heterocycles. The highest BCUT2D eigenvalue weighted by Crippen LogP contribution is 2.41. The van der Waals surface area contributed by atoms with Crippen LogP contribution in [0.2, 0.25) is 0 Å². The average molecular weight is 405 g/mol. The number of ether oxygens (including phenoxy) is 3. The molecule has 1 amide bonds. The summed E-state index contributed by atoms with van der Waals surface area (Å²) in [6, 6.07) is 13.7. The molecule has 0 aliphatic carbocycles. The number of hydrogen-bond acceptors (Lipinski definition) is 5. The molecule has 0 unspecified atom stereocenters. The molecule has 0 saturated carbocycles. The highest BCUT2D eigenvalue weighted by Gasteiger charge is 2.36. The zero-order chi connectivity index (χ0) is 18.8. The molecule has 0 radical (unpaired) electrons. The normalized spacial score (nSPS) is 20.4. The molecule has 2 atom stereocenters. The highest BCUT2D eigenvalue weighted by atomic mass is 35.5. The van der Waals surface area contributed by atoms with E-state index in [0.717, 1.165) is 0 Å². The summed E-state index contributed by atoms with van der Waals surface area (Å²) in [5.74, 6) is 2.09. The van der Waals surface area contributed by atoms with Gasteiger partial charge in [-0.1, -0.05) is 30.3 Å². The summed E-state index contributed by atoms with van der Waals surface area (Å²) in [5.41, 5.74) is 7.77. The monoisotopic (exact) mass is 404 g/mol. The number of halogens is 1. The summed E-state index contributed by atoms with van der Waals surface area (Å²) in [6.45, 7) is 2.78. The van der Waals surface area contributed by atoms with Crippen molar-refractivity contribution in [2.24, 2.45) is 11.7 Å². The van der Waals surface area contributed by atoms with Crippen molar-refractivity contribution in [1.82, 2.24) is 4.90 Å². The number of rotatable bonds is 4. The van der Waals surface area contributed by atoms with Gasteiger partial charge in [0.15, 0.2) is 11.5 Å². The number of hydrogen-bond donors (Lipinski definition) is 1. The first-order valence-electron chi connectivity index (χ1n) is 9.23. The maximum absolute atomic E-state index is 13.2. The van der Waals surface area contributed by atoms with Gasteiger partial charge < -0.3 is 24.8 Å². The van der Waals surface area contributed by atoms with E-state index in [2.05, 4.69) is 12.1 Å². The van der Waals surface area contributed by atoms with Crippen molar-refractivity contribution in [3.05, 3.63) is 53.6 Å². The van der Waals surface area contributed by atoms with Gasteiger partial charge in [0.25, 0.3) is 5.91 Å². The molecule has 28 heavy (non-hydrogen) atoms. The van der Waals surface area contributed by atoms with Crippen molar-refractivity contribution >= 4 is 18.3 Å². The van der Waals surface area contributed by atoms with Crippen LogP contribution < -0.4 is 19.9 Å². The van der Waals surface area contributed by atoms with E-state index in [9.17, 15) is 4.79 Å². The number of nitrogens with zero attached hydrogens (tertiary/aromatic N) is 1. The van der Waals surface area contributed by atoms with Gasteiger partial charge in [0.05, 0.1) is 7.11 Å². The first kappa shape index (κ1) is 20.3. The summed E-state index contributed by atoms with van der Waals surface area (Å²) in [6.07, 6.45) is 0. The fourth-order valence-electron chi connectivity index (χ4n) is 3.93. The van der Waals surface area contributed by atoms with Crippen molar-refractivity contribution in [3.63, 3.8) is 0 Å². The Morgan fingerprint density at radius 1 is 1.18 bits per heavy atom. The van der Waals surface area contributed by atoms with E-state index in [-0.39, 0.29) is 30.2 Å². The molecular formula is C21H25ClN2O4. The van der Waals surface area contributed by atoms with E-state index < -0.39 is 0 Å². The minimum Gasteiger partial charge on any atom is -0.493 e. The van der Waals surface area contributed by atoms with Crippen LogP contribution in [0.15, 0.2) is 42.5 Å². The second-order valence-electron chi connectivity index (χ2n) is 6.93. The average Bonchev–Trinajstić information content (AvgIpc) is 3.17. The SMILES string of the molecule is COc1cc(C(=O)N2C[C@@H](CN)[C@H](c3ccccc3)C2)cc2c1OCCO2.Cl. The summed E-state index contributed by atoms with van der Waals surface area (Å²) >= 11 is 0. The van der Waals surface area contributed by atoms with Gasteiger partial charge in [-0.2, -0.15) is 0 Å². The van der Waals surface area contributed by atoms with Gasteiger partial charge in [-0.15, -0.1) is 12.4 Å². The molecule has 6 nitrogen and oxygen atoms in total. The lowest BCUT2D eigenvalue weighted by Gasteiger charge is -2.23. The Bertz CT molecular complexity index is 813. The number of methoxy groups -OCH3 is 1. The lowest BCUT2D eigenvalue weighted by Crippen LogP contribution is -2.30. The van der Waals surface area contributed by atoms with Crippen LogP contribution in [-0.4, -0.2) is 50.8 Å². The zero-order valence-electron chi connectivity index (χ0n) is 15.8. The second kappa shape index (κ2) is 8.71. The molecule has 1 fully saturated rings. The first-order chi connectivity index (χ1) is 13.2. The van der Waals surface area contributed by atoms with Gasteiger partial charge in [-0.3, -0.25) is 4.79 Å². The Hall–Kier alpha value is -2.44. The quantitative estimate of drug-likeness (QED) is 0.848. The topological polar surface area (TPSA) is 74.0 Å². The molecule has 7 heteroatoms. The van der Waals surface area contributed by atoms with Crippen LogP contribution >= 0.6 is 12.4 Å². The number of fused-ring (bicyclic) bond motifs is 1. The predicted molar refractivity (Wildman–Crippen MR) is 109 cm³/mol. The van der Waals surface area contributed by atoms with E-state index >= 15 is 0 Å². The summed E-state index contributed by atoms with van der Waals surface area (Å²) in [7, 11) is 1.56. The van der Waals surface area contributed by atoms with E-state index in [1.54, 1.807) is 19.2 Å². The number of amides is 1. The van der Waals surface area contributed by atoms with Gasteiger partial charge >= 0.3 is 0 Å². The molecular weight excluding hydrogens is 380 g/mol. The largest absolute Gasteiger partial charge is 0.493 e. The minimum absolute atomic E-state index is 0. The molecule has 2 aromatic rings. The molecule has 1 saturated heterocycles. The van der Waals surface area contributed by atoms with Crippen LogP contribution in [0.25, 0.3) is 0 Å². The molecule has 2 aromatic carbocycles. The number of nitrogens with two attached hydrogens (primary N) is 1. The molecule has 2 aliphatic rings. The van der Waals surface area contributed by atoms with E-state index in [1.807, 2.05) is 23.1 Å². The third kappa shape index (κ3) is 3.75. The van der Waals surface area contributed by atoms with Gasteiger partial charge in [0.2, 0.25) is 5.75 Å². The minimum atomic E-state index is -0.0397. The Morgan fingerprint density at radius 3 is 2.64 bits per heavy atom. The van der Waals surface area contributed by atoms with Gasteiger partial charge in [-0.05, 0) is 30.2 Å². The summed E-state index contributed by atoms with van der Waals surface area (Å²) < 4.78 is 16.7. The van der Waals surface area contributed by atoms with Crippen LogP contribution in [0, 0.1) is 5.92 Å². The van der Waals surface area contributed by atoms with Gasteiger partial charge in [0, 0.05) is 24.6 Å². The van der Waals surface area contributed by atoms with Crippen molar-refractivity contribution in [2.45, 2.75) is 5.92 Å². The van der Waals surface area contributed by atoms with Gasteiger partial charge in [-0.25, -0.2) is 0 Å². The van der Waals surface area contributed by atoms with E-state index in [4.69, 9.17) is 19.9 Å². The number of benzene rings is 2.